The standard InChI is InChI=1S/C16H17N5O/c17-13-10-14-15(11-16(13)20-6-8-22-9-7-20)19-21(18-14)12-4-2-1-3-5-12/h1-5,10-11H,6-9,17H2. The second kappa shape index (κ2) is 5.31. The van der Waals surface area contributed by atoms with Gasteiger partial charge in [-0.1, -0.05) is 18.2 Å². The molecule has 2 N–H and O–H groups in total. The topological polar surface area (TPSA) is 69.2 Å². The molecule has 0 saturated carbocycles. The molecule has 3 aromatic rings. The molecule has 2 heterocycles. The minimum absolute atomic E-state index is 0.730. The monoisotopic (exact) mass is 295 g/mol. The van der Waals surface area contributed by atoms with Crippen LogP contribution in [-0.4, -0.2) is 41.3 Å². The molecule has 0 amide bonds. The largest absolute Gasteiger partial charge is 0.397 e. The molecule has 0 aliphatic carbocycles. The number of para-hydroxylation sites is 1. The third kappa shape index (κ3) is 2.27. The number of aromatic nitrogens is 3. The molecular formula is C16H17N5O. The summed E-state index contributed by atoms with van der Waals surface area (Å²) >= 11 is 0. The van der Waals surface area contributed by atoms with E-state index in [2.05, 4.69) is 15.1 Å². The molecule has 0 radical (unpaired) electrons. The summed E-state index contributed by atoms with van der Waals surface area (Å²) in [6.07, 6.45) is 0. The molecule has 2 aromatic carbocycles. The van der Waals surface area contributed by atoms with Gasteiger partial charge in [-0.15, -0.1) is 10.2 Å². The SMILES string of the molecule is Nc1cc2nn(-c3ccccc3)nc2cc1N1CCOCC1. The molecule has 1 aliphatic rings. The number of nitrogen functional groups attached to an aromatic ring is 1. The molecule has 0 bridgehead atoms. The minimum atomic E-state index is 0.730. The van der Waals surface area contributed by atoms with Crippen LogP contribution in [0.2, 0.25) is 0 Å². The van der Waals surface area contributed by atoms with E-state index in [0.29, 0.717) is 0 Å². The first-order chi connectivity index (χ1) is 10.8. The maximum atomic E-state index is 6.21. The van der Waals surface area contributed by atoms with Gasteiger partial charge in [-0.2, -0.15) is 4.80 Å². The van der Waals surface area contributed by atoms with E-state index < -0.39 is 0 Å². The lowest BCUT2D eigenvalue weighted by molar-refractivity contribution is 0.123. The van der Waals surface area contributed by atoms with Gasteiger partial charge in [0.2, 0.25) is 0 Å². The molecule has 1 fully saturated rings. The van der Waals surface area contributed by atoms with Crippen molar-refractivity contribution in [1.29, 1.82) is 0 Å². The van der Waals surface area contributed by atoms with Gasteiger partial charge in [0.05, 0.1) is 30.3 Å². The van der Waals surface area contributed by atoms with Gasteiger partial charge in [-0.3, -0.25) is 0 Å². The Morgan fingerprint density at radius 3 is 2.36 bits per heavy atom. The fourth-order valence-electron chi connectivity index (χ4n) is 2.72. The van der Waals surface area contributed by atoms with Crippen LogP contribution in [0, 0.1) is 0 Å². The zero-order valence-corrected chi connectivity index (χ0v) is 12.1. The fourth-order valence-corrected chi connectivity index (χ4v) is 2.72. The summed E-state index contributed by atoms with van der Waals surface area (Å²) in [5.41, 5.74) is 10.5. The van der Waals surface area contributed by atoms with Crippen molar-refractivity contribution in [1.82, 2.24) is 15.0 Å². The molecule has 6 nitrogen and oxygen atoms in total. The van der Waals surface area contributed by atoms with Gasteiger partial charge in [-0.05, 0) is 24.3 Å². The van der Waals surface area contributed by atoms with E-state index in [9.17, 15) is 0 Å². The average Bonchev–Trinajstić information content (AvgIpc) is 2.98. The Labute approximate surface area is 128 Å². The zero-order chi connectivity index (χ0) is 14.9. The first-order valence-corrected chi connectivity index (χ1v) is 7.36. The molecule has 0 unspecified atom stereocenters. The molecular weight excluding hydrogens is 278 g/mol. The molecule has 112 valence electrons. The highest BCUT2D eigenvalue weighted by Gasteiger charge is 2.16. The van der Waals surface area contributed by atoms with Crippen molar-refractivity contribution in [2.24, 2.45) is 0 Å². The molecule has 22 heavy (non-hydrogen) atoms. The van der Waals surface area contributed by atoms with Gasteiger partial charge in [0.15, 0.2) is 0 Å². The van der Waals surface area contributed by atoms with E-state index in [-0.39, 0.29) is 0 Å². The van der Waals surface area contributed by atoms with Crippen LogP contribution >= 0.6 is 0 Å². The molecule has 1 aliphatic heterocycles. The van der Waals surface area contributed by atoms with E-state index in [1.807, 2.05) is 42.5 Å². The summed E-state index contributed by atoms with van der Waals surface area (Å²) in [4.78, 5) is 3.88. The van der Waals surface area contributed by atoms with Gasteiger partial charge >= 0.3 is 0 Å². The number of morpholine rings is 1. The quantitative estimate of drug-likeness (QED) is 0.731. The Morgan fingerprint density at radius 1 is 0.955 bits per heavy atom. The maximum absolute atomic E-state index is 6.21. The lowest BCUT2D eigenvalue weighted by Gasteiger charge is -2.29. The summed E-state index contributed by atoms with van der Waals surface area (Å²) in [7, 11) is 0. The smallest absolute Gasteiger partial charge is 0.115 e. The van der Waals surface area contributed by atoms with Crippen molar-refractivity contribution in [2.45, 2.75) is 0 Å². The summed E-state index contributed by atoms with van der Waals surface area (Å²) in [5, 5.41) is 9.08. The van der Waals surface area contributed by atoms with E-state index in [0.717, 1.165) is 54.4 Å². The van der Waals surface area contributed by atoms with Gasteiger partial charge in [0, 0.05) is 13.1 Å². The number of nitrogens with two attached hydrogens (primary N) is 1. The molecule has 1 aromatic heterocycles. The van der Waals surface area contributed by atoms with Crippen LogP contribution in [0.1, 0.15) is 0 Å². The number of ether oxygens (including phenoxy) is 1. The second-order valence-electron chi connectivity index (χ2n) is 5.32. The van der Waals surface area contributed by atoms with Crippen LogP contribution in [0.25, 0.3) is 16.7 Å². The number of rotatable bonds is 2. The predicted octanol–water partition coefficient (Wildman–Crippen LogP) is 1.84. The summed E-state index contributed by atoms with van der Waals surface area (Å²) in [6, 6.07) is 13.8. The molecule has 0 spiro atoms. The van der Waals surface area contributed by atoms with Crippen molar-refractivity contribution in [3.05, 3.63) is 42.5 Å². The van der Waals surface area contributed by atoms with E-state index in [4.69, 9.17) is 10.5 Å². The molecule has 1 saturated heterocycles. The van der Waals surface area contributed by atoms with Crippen LogP contribution in [0.15, 0.2) is 42.5 Å². The van der Waals surface area contributed by atoms with Crippen molar-refractivity contribution in [3.63, 3.8) is 0 Å². The third-order valence-electron chi connectivity index (χ3n) is 3.87. The van der Waals surface area contributed by atoms with E-state index >= 15 is 0 Å². The Hall–Kier alpha value is -2.60. The van der Waals surface area contributed by atoms with Crippen LogP contribution in [0.5, 0.6) is 0 Å². The Bertz CT molecular complexity index is 793. The van der Waals surface area contributed by atoms with Crippen molar-refractivity contribution < 1.29 is 4.74 Å². The number of hydrogen-bond acceptors (Lipinski definition) is 5. The van der Waals surface area contributed by atoms with E-state index in [1.165, 1.54) is 0 Å². The molecule has 0 atom stereocenters. The maximum Gasteiger partial charge on any atom is 0.115 e. The zero-order valence-electron chi connectivity index (χ0n) is 12.1. The number of hydrogen-bond donors (Lipinski definition) is 1. The highest BCUT2D eigenvalue weighted by Crippen LogP contribution is 2.28. The number of fused-ring (bicyclic) bond motifs is 1. The average molecular weight is 295 g/mol. The Morgan fingerprint density at radius 2 is 1.64 bits per heavy atom. The highest BCUT2D eigenvalue weighted by atomic mass is 16.5. The number of nitrogens with zero attached hydrogens (tertiary/aromatic N) is 4. The first kappa shape index (κ1) is 13.1. The van der Waals surface area contributed by atoms with Crippen LogP contribution in [0.3, 0.4) is 0 Å². The highest BCUT2D eigenvalue weighted by molar-refractivity contribution is 5.86. The van der Waals surface area contributed by atoms with Gasteiger partial charge in [0.1, 0.15) is 11.0 Å². The lowest BCUT2D eigenvalue weighted by atomic mass is 10.2. The fraction of sp³-hybridized carbons (Fsp3) is 0.250. The lowest BCUT2D eigenvalue weighted by Crippen LogP contribution is -2.36. The van der Waals surface area contributed by atoms with Crippen molar-refractivity contribution in [2.75, 3.05) is 36.9 Å². The third-order valence-corrected chi connectivity index (χ3v) is 3.87. The molecule has 6 heteroatoms. The van der Waals surface area contributed by atoms with Gasteiger partial charge in [-0.25, -0.2) is 0 Å². The van der Waals surface area contributed by atoms with Crippen LogP contribution in [-0.2, 0) is 4.74 Å². The summed E-state index contributed by atoms with van der Waals surface area (Å²) in [6.45, 7) is 3.16. The van der Waals surface area contributed by atoms with Crippen molar-refractivity contribution in [3.8, 4) is 5.69 Å². The van der Waals surface area contributed by atoms with Gasteiger partial charge in [0.25, 0.3) is 0 Å². The number of benzene rings is 2. The van der Waals surface area contributed by atoms with Crippen LogP contribution in [0.4, 0.5) is 11.4 Å². The first-order valence-electron chi connectivity index (χ1n) is 7.36. The number of anilines is 2. The Kier molecular flexibility index (Phi) is 3.16. The summed E-state index contributed by atoms with van der Waals surface area (Å²) < 4.78 is 5.40. The summed E-state index contributed by atoms with van der Waals surface area (Å²) in [5.74, 6) is 0. The minimum Gasteiger partial charge on any atom is -0.397 e. The normalized spacial score (nSPS) is 15.4. The van der Waals surface area contributed by atoms with E-state index in [1.54, 1.807) is 4.80 Å². The van der Waals surface area contributed by atoms with Crippen molar-refractivity contribution >= 4 is 22.4 Å². The van der Waals surface area contributed by atoms with Crippen LogP contribution < -0.4 is 10.6 Å². The molecule has 4 rings (SSSR count). The second-order valence-corrected chi connectivity index (χ2v) is 5.32. The predicted molar refractivity (Wildman–Crippen MR) is 86.3 cm³/mol. The Balaban J connectivity index is 1.77. The van der Waals surface area contributed by atoms with Gasteiger partial charge < -0.3 is 15.4 Å².